The summed E-state index contributed by atoms with van der Waals surface area (Å²) >= 11 is 5.80. The van der Waals surface area contributed by atoms with Crippen LogP contribution in [0.3, 0.4) is 0 Å². The number of nitrogens with zero attached hydrogens (tertiary/aromatic N) is 1. The molecule has 2 aromatic rings. The predicted octanol–water partition coefficient (Wildman–Crippen LogP) is 3.83. The molecule has 2 aromatic carbocycles. The third-order valence-electron chi connectivity index (χ3n) is 2.79. The van der Waals surface area contributed by atoms with Gasteiger partial charge in [-0.05, 0) is 30.3 Å². The lowest BCUT2D eigenvalue weighted by atomic mass is 10.2. The lowest BCUT2D eigenvalue weighted by Gasteiger charge is -2.01. The van der Waals surface area contributed by atoms with E-state index in [-0.39, 0.29) is 21.2 Å². The molecule has 0 heterocycles. The first-order valence-electron chi connectivity index (χ1n) is 5.93. The molecule has 0 unspecified atom stereocenters. The molecule has 0 radical (unpaired) electrons. The van der Waals surface area contributed by atoms with Crippen molar-refractivity contribution in [2.45, 2.75) is 4.90 Å². The van der Waals surface area contributed by atoms with Gasteiger partial charge in [0.25, 0.3) is 5.69 Å². The Labute approximate surface area is 130 Å². The fourth-order valence-electron chi connectivity index (χ4n) is 1.66. The van der Waals surface area contributed by atoms with Gasteiger partial charge in [-0.15, -0.1) is 0 Å². The molecular formula is C14H9ClFNO4S. The fraction of sp³-hybridized carbons (Fsp3) is 0. The summed E-state index contributed by atoms with van der Waals surface area (Å²) in [6.45, 7) is 0. The summed E-state index contributed by atoms with van der Waals surface area (Å²) in [5.41, 5.74) is -0.269. The van der Waals surface area contributed by atoms with Gasteiger partial charge in [-0.1, -0.05) is 17.7 Å². The van der Waals surface area contributed by atoms with Gasteiger partial charge in [-0.2, -0.15) is 0 Å². The normalized spacial score (nSPS) is 11.7. The van der Waals surface area contributed by atoms with E-state index in [1.807, 2.05) is 0 Å². The molecule has 0 bridgehead atoms. The number of rotatable bonds is 4. The second-order valence-electron chi connectivity index (χ2n) is 4.23. The number of nitro groups is 1. The van der Waals surface area contributed by atoms with Gasteiger partial charge in [0.2, 0.25) is 0 Å². The minimum atomic E-state index is -3.86. The highest BCUT2D eigenvalue weighted by atomic mass is 35.5. The Morgan fingerprint density at radius 3 is 2.32 bits per heavy atom. The Bertz CT molecular complexity index is 827. The Morgan fingerprint density at radius 2 is 1.77 bits per heavy atom. The molecule has 114 valence electrons. The SMILES string of the molecule is O=[N+]([O-])c1ccc(S(=O)(=O)/C=C/c2c(F)cccc2Cl)cc1. The van der Waals surface area contributed by atoms with Crippen molar-refractivity contribution < 1.29 is 17.7 Å². The van der Waals surface area contributed by atoms with Crippen molar-refractivity contribution in [1.29, 1.82) is 0 Å². The first-order chi connectivity index (χ1) is 10.3. The van der Waals surface area contributed by atoms with Crippen LogP contribution in [-0.2, 0) is 9.84 Å². The first kappa shape index (κ1) is 16.1. The third kappa shape index (κ3) is 3.49. The van der Waals surface area contributed by atoms with Crippen molar-refractivity contribution in [2.24, 2.45) is 0 Å². The van der Waals surface area contributed by atoms with Crippen LogP contribution in [-0.4, -0.2) is 13.3 Å². The van der Waals surface area contributed by atoms with Gasteiger partial charge < -0.3 is 0 Å². The number of non-ortho nitro benzene ring substituents is 1. The summed E-state index contributed by atoms with van der Waals surface area (Å²) in [5, 5.41) is 11.4. The third-order valence-corrected chi connectivity index (χ3v) is 4.54. The van der Waals surface area contributed by atoms with E-state index in [1.54, 1.807) is 0 Å². The summed E-state index contributed by atoms with van der Waals surface area (Å²) in [6, 6.07) is 8.38. The Kier molecular flexibility index (Phi) is 4.58. The minimum absolute atomic E-state index is 0.0466. The minimum Gasteiger partial charge on any atom is -0.258 e. The van der Waals surface area contributed by atoms with Crippen LogP contribution in [0.2, 0.25) is 5.02 Å². The van der Waals surface area contributed by atoms with Crippen molar-refractivity contribution in [1.82, 2.24) is 0 Å². The van der Waals surface area contributed by atoms with Gasteiger partial charge in [-0.25, -0.2) is 12.8 Å². The molecular weight excluding hydrogens is 333 g/mol. The Hall–Kier alpha value is -2.25. The van der Waals surface area contributed by atoms with Crippen LogP contribution < -0.4 is 0 Å². The maximum absolute atomic E-state index is 13.6. The lowest BCUT2D eigenvalue weighted by molar-refractivity contribution is -0.384. The first-order valence-corrected chi connectivity index (χ1v) is 7.85. The van der Waals surface area contributed by atoms with E-state index in [2.05, 4.69) is 0 Å². The summed E-state index contributed by atoms with van der Waals surface area (Å²) in [5.74, 6) is -0.650. The molecule has 0 fully saturated rings. The predicted molar refractivity (Wildman–Crippen MR) is 80.7 cm³/mol. The van der Waals surface area contributed by atoms with E-state index in [0.29, 0.717) is 0 Å². The fourth-order valence-corrected chi connectivity index (χ4v) is 2.88. The van der Waals surface area contributed by atoms with Crippen molar-refractivity contribution in [3.8, 4) is 0 Å². The second-order valence-corrected chi connectivity index (χ2v) is 6.47. The van der Waals surface area contributed by atoms with Gasteiger partial charge in [0.1, 0.15) is 5.82 Å². The molecule has 0 aliphatic heterocycles. The highest BCUT2D eigenvalue weighted by molar-refractivity contribution is 7.94. The number of hydrogen-bond donors (Lipinski definition) is 0. The average Bonchev–Trinajstić information content (AvgIpc) is 2.46. The number of nitro benzene ring substituents is 1. The Morgan fingerprint density at radius 1 is 1.14 bits per heavy atom. The van der Waals surface area contributed by atoms with Crippen molar-refractivity contribution >= 4 is 33.2 Å². The zero-order chi connectivity index (χ0) is 16.3. The van der Waals surface area contributed by atoms with Crippen LogP contribution in [0.5, 0.6) is 0 Å². The molecule has 0 aromatic heterocycles. The largest absolute Gasteiger partial charge is 0.269 e. The van der Waals surface area contributed by atoms with Crippen LogP contribution in [0.25, 0.3) is 6.08 Å². The topological polar surface area (TPSA) is 77.3 Å². The summed E-state index contributed by atoms with van der Waals surface area (Å²) < 4.78 is 37.7. The second kappa shape index (κ2) is 6.25. The van der Waals surface area contributed by atoms with Crippen molar-refractivity contribution in [2.75, 3.05) is 0 Å². The van der Waals surface area contributed by atoms with Gasteiger partial charge in [0.05, 0.1) is 14.8 Å². The van der Waals surface area contributed by atoms with Crippen molar-refractivity contribution in [3.63, 3.8) is 0 Å². The summed E-state index contributed by atoms with van der Waals surface area (Å²) in [4.78, 5) is 9.76. The molecule has 0 spiro atoms. The highest BCUT2D eigenvalue weighted by Crippen LogP contribution is 2.23. The van der Waals surface area contributed by atoms with Crippen LogP contribution in [0, 0.1) is 15.9 Å². The zero-order valence-corrected chi connectivity index (χ0v) is 12.5. The quantitative estimate of drug-likeness (QED) is 0.625. The standard InChI is InChI=1S/C14H9ClFNO4S/c15-13-2-1-3-14(16)12(13)8-9-22(20,21)11-6-4-10(5-7-11)17(18)19/h1-9H/b9-8+. The van der Waals surface area contributed by atoms with E-state index in [9.17, 15) is 22.9 Å². The maximum atomic E-state index is 13.6. The highest BCUT2D eigenvalue weighted by Gasteiger charge is 2.13. The van der Waals surface area contributed by atoms with Crippen molar-refractivity contribution in [3.05, 3.63) is 74.4 Å². The maximum Gasteiger partial charge on any atom is 0.269 e. The number of benzene rings is 2. The lowest BCUT2D eigenvalue weighted by Crippen LogP contribution is -1.97. The Balaban J connectivity index is 2.35. The van der Waals surface area contributed by atoms with Gasteiger partial charge in [0.15, 0.2) is 9.84 Å². The van der Waals surface area contributed by atoms with Crippen LogP contribution in [0.4, 0.5) is 10.1 Å². The smallest absolute Gasteiger partial charge is 0.258 e. The van der Waals surface area contributed by atoms with E-state index < -0.39 is 20.6 Å². The zero-order valence-electron chi connectivity index (χ0n) is 10.9. The molecule has 0 saturated carbocycles. The number of hydrogen-bond acceptors (Lipinski definition) is 4. The van der Waals surface area contributed by atoms with E-state index in [0.717, 1.165) is 41.8 Å². The molecule has 0 aliphatic carbocycles. The van der Waals surface area contributed by atoms with Crippen LogP contribution >= 0.6 is 11.6 Å². The molecule has 8 heteroatoms. The molecule has 0 atom stereocenters. The number of sulfone groups is 1. The van der Waals surface area contributed by atoms with Crippen LogP contribution in [0.15, 0.2) is 52.8 Å². The van der Waals surface area contributed by atoms with Crippen LogP contribution in [0.1, 0.15) is 5.56 Å². The molecule has 0 amide bonds. The van der Waals surface area contributed by atoms with Gasteiger partial charge >= 0.3 is 0 Å². The van der Waals surface area contributed by atoms with Gasteiger partial charge in [-0.3, -0.25) is 10.1 Å². The molecule has 2 rings (SSSR count). The average molecular weight is 342 g/mol. The van der Waals surface area contributed by atoms with Gasteiger partial charge in [0, 0.05) is 23.1 Å². The van der Waals surface area contributed by atoms with E-state index in [4.69, 9.17) is 11.6 Å². The number of halogens is 2. The summed E-state index contributed by atoms with van der Waals surface area (Å²) in [6.07, 6.45) is 1.05. The molecule has 5 nitrogen and oxygen atoms in total. The molecule has 22 heavy (non-hydrogen) atoms. The van der Waals surface area contributed by atoms with E-state index >= 15 is 0 Å². The summed E-state index contributed by atoms with van der Waals surface area (Å²) in [7, 11) is -3.86. The van der Waals surface area contributed by atoms with E-state index in [1.165, 1.54) is 12.1 Å². The monoisotopic (exact) mass is 341 g/mol. The molecule has 0 N–H and O–H groups in total. The molecule has 0 saturated heterocycles. The molecule has 0 aliphatic rings.